The van der Waals surface area contributed by atoms with Gasteiger partial charge in [0.1, 0.15) is 0 Å². The van der Waals surface area contributed by atoms with Crippen molar-refractivity contribution in [2.45, 2.75) is 24.8 Å². The number of nitrogens with zero attached hydrogens (tertiary/aromatic N) is 3. The molecule has 0 saturated carbocycles. The van der Waals surface area contributed by atoms with E-state index >= 15 is 0 Å². The number of sulfonamides is 1. The summed E-state index contributed by atoms with van der Waals surface area (Å²) in [6.45, 7) is 7.68. The second-order valence-electron chi connectivity index (χ2n) is 7.93. The van der Waals surface area contributed by atoms with Crippen molar-refractivity contribution < 1.29 is 13.2 Å². The minimum atomic E-state index is -3.56. The minimum absolute atomic E-state index is 0.146. The second-order valence-corrected chi connectivity index (χ2v) is 9.93. The molecule has 0 aliphatic carbocycles. The van der Waals surface area contributed by atoms with Crippen LogP contribution in [0.15, 0.2) is 53.4 Å². The summed E-state index contributed by atoms with van der Waals surface area (Å²) in [6.07, 6.45) is 0. The molecule has 0 radical (unpaired) electrons. The van der Waals surface area contributed by atoms with Gasteiger partial charge in [-0.25, -0.2) is 8.42 Å². The zero-order valence-corrected chi connectivity index (χ0v) is 18.8. The third-order valence-corrected chi connectivity index (χ3v) is 7.56. The molecule has 2 aromatic rings. The van der Waals surface area contributed by atoms with Gasteiger partial charge in [0, 0.05) is 56.2 Å². The molecule has 1 aliphatic heterocycles. The van der Waals surface area contributed by atoms with E-state index in [2.05, 4.69) is 22.2 Å². The minimum Gasteiger partial charge on any atom is -0.369 e. The highest BCUT2D eigenvalue weighted by molar-refractivity contribution is 7.89. The van der Waals surface area contributed by atoms with Gasteiger partial charge >= 0.3 is 0 Å². The van der Waals surface area contributed by atoms with Crippen LogP contribution in [0.5, 0.6) is 0 Å². The van der Waals surface area contributed by atoms with Crippen LogP contribution < -0.4 is 10.2 Å². The van der Waals surface area contributed by atoms with E-state index in [0.29, 0.717) is 11.3 Å². The van der Waals surface area contributed by atoms with Crippen LogP contribution >= 0.6 is 0 Å². The van der Waals surface area contributed by atoms with Gasteiger partial charge in [-0.15, -0.1) is 0 Å². The van der Waals surface area contributed by atoms with Gasteiger partial charge in [0.2, 0.25) is 10.0 Å². The van der Waals surface area contributed by atoms with E-state index < -0.39 is 10.0 Å². The smallest absolute Gasteiger partial charge is 0.255 e. The van der Waals surface area contributed by atoms with Gasteiger partial charge in [0.05, 0.1) is 4.90 Å². The largest absolute Gasteiger partial charge is 0.369 e. The highest BCUT2D eigenvalue weighted by Crippen LogP contribution is 2.21. The Bertz CT molecular complexity index is 964. The highest BCUT2D eigenvalue weighted by Gasteiger charge is 2.23. The van der Waals surface area contributed by atoms with Gasteiger partial charge in [-0.2, -0.15) is 4.31 Å². The summed E-state index contributed by atoms with van der Waals surface area (Å²) in [5, 5.41) is 2.87. The molecule has 1 aliphatic rings. The van der Waals surface area contributed by atoms with Crippen LogP contribution in [-0.2, 0) is 10.0 Å². The van der Waals surface area contributed by atoms with Crippen LogP contribution in [0.3, 0.4) is 0 Å². The lowest BCUT2D eigenvalue weighted by molar-refractivity contribution is 0.102. The van der Waals surface area contributed by atoms with Crippen LogP contribution in [0.4, 0.5) is 11.4 Å². The Balaban J connectivity index is 1.65. The molecule has 30 heavy (non-hydrogen) atoms. The van der Waals surface area contributed by atoms with Gasteiger partial charge in [-0.05, 0) is 69.4 Å². The molecule has 0 spiro atoms. The lowest BCUT2D eigenvalue weighted by Gasteiger charge is -2.34. The zero-order chi connectivity index (χ0) is 21.9. The quantitative estimate of drug-likeness (QED) is 0.763. The average molecular weight is 431 g/mol. The fourth-order valence-electron chi connectivity index (χ4n) is 3.25. The number of hydrogen-bond acceptors (Lipinski definition) is 5. The van der Waals surface area contributed by atoms with Crippen LogP contribution in [0.25, 0.3) is 0 Å². The molecule has 1 heterocycles. The van der Waals surface area contributed by atoms with E-state index in [4.69, 9.17) is 0 Å². The first kappa shape index (κ1) is 22.3. The molecule has 1 N–H and O–H groups in total. The molecule has 0 aromatic heterocycles. The molecule has 0 unspecified atom stereocenters. The monoisotopic (exact) mass is 430 g/mol. The lowest BCUT2D eigenvalue weighted by atomic mass is 10.2. The predicted octanol–water partition coefficient (Wildman–Crippen LogP) is 2.72. The Hall–Kier alpha value is -2.42. The molecule has 162 valence electrons. The summed E-state index contributed by atoms with van der Waals surface area (Å²) in [4.78, 5) is 17.4. The number of piperazine rings is 1. The first-order chi connectivity index (χ1) is 14.2. The molecule has 8 heteroatoms. The number of rotatable bonds is 6. The van der Waals surface area contributed by atoms with Gasteiger partial charge in [0.15, 0.2) is 0 Å². The number of amides is 1. The Labute approximate surface area is 179 Å². The molecular formula is C22H30N4O3S. The normalized spacial score (nSPS) is 15.6. The van der Waals surface area contributed by atoms with Crippen molar-refractivity contribution in [2.75, 3.05) is 50.5 Å². The van der Waals surface area contributed by atoms with Crippen LogP contribution in [-0.4, -0.2) is 69.8 Å². The van der Waals surface area contributed by atoms with Crippen molar-refractivity contribution in [2.24, 2.45) is 0 Å². The summed E-state index contributed by atoms with van der Waals surface area (Å²) in [7, 11) is 0.109. The average Bonchev–Trinajstić information content (AvgIpc) is 2.74. The molecule has 0 atom stereocenters. The van der Waals surface area contributed by atoms with Crippen molar-refractivity contribution in [3.63, 3.8) is 0 Å². The summed E-state index contributed by atoms with van der Waals surface area (Å²) in [6, 6.07) is 13.7. The maximum absolute atomic E-state index is 12.6. The fraction of sp³-hybridized carbons (Fsp3) is 0.409. The first-order valence-corrected chi connectivity index (χ1v) is 11.6. The standard InChI is InChI=1S/C22H30N4O3S/c1-17(2)25(4)30(28,29)21-11-5-18(6-12-21)22(27)23-19-7-9-20(10-8-19)26-15-13-24(3)14-16-26/h5-12,17H,13-16H2,1-4H3,(H,23,27). The second kappa shape index (κ2) is 9.16. The molecule has 2 aromatic carbocycles. The van der Waals surface area contributed by atoms with E-state index in [0.717, 1.165) is 31.9 Å². The molecule has 7 nitrogen and oxygen atoms in total. The van der Waals surface area contributed by atoms with Crippen molar-refractivity contribution in [1.82, 2.24) is 9.21 Å². The van der Waals surface area contributed by atoms with Crippen LogP contribution in [0.1, 0.15) is 24.2 Å². The molecule has 1 fully saturated rings. The van der Waals surface area contributed by atoms with Gasteiger partial charge < -0.3 is 15.1 Å². The summed E-state index contributed by atoms with van der Waals surface area (Å²) in [5.41, 5.74) is 2.25. The van der Waals surface area contributed by atoms with E-state index in [1.165, 1.54) is 28.6 Å². The van der Waals surface area contributed by atoms with Crippen molar-refractivity contribution in [3.05, 3.63) is 54.1 Å². The Morgan fingerprint density at radius 1 is 0.967 bits per heavy atom. The van der Waals surface area contributed by atoms with Crippen molar-refractivity contribution in [1.29, 1.82) is 0 Å². The Morgan fingerprint density at radius 3 is 2.07 bits per heavy atom. The number of carbonyl (C=O) groups excluding carboxylic acids is 1. The van der Waals surface area contributed by atoms with Crippen molar-refractivity contribution >= 4 is 27.3 Å². The van der Waals surface area contributed by atoms with Gasteiger partial charge in [0.25, 0.3) is 5.91 Å². The van der Waals surface area contributed by atoms with Crippen molar-refractivity contribution in [3.8, 4) is 0 Å². The third-order valence-electron chi connectivity index (χ3n) is 5.51. The summed E-state index contributed by atoms with van der Waals surface area (Å²) in [5.74, 6) is -0.275. The highest BCUT2D eigenvalue weighted by atomic mass is 32.2. The Morgan fingerprint density at radius 2 is 1.53 bits per heavy atom. The predicted molar refractivity (Wildman–Crippen MR) is 121 cm³/mol. The van der Waals surface area contributed by atoms with E-state index in [1.54, 1.807) is 7.05 Å². The van der Waals surface area contributed by atoms with E-state index in [1.807, 2.05) is 38.1 Å². The lowest BCUT2D eigenvalue weighted by Crippen LogP contribution is -2.44. The number of nitrogens with one attached hydrogen (secondary N) is 1. The third kappa shape index (κ3) is 5.00. The SMILES string of the molecule is CC(C)N(C)S(=O)(=O)c1ccc(C(=O)Nc2ccc(N3CCN(C)CC3)cc2)cc1. The first-order valence-electron chi connectivity index (χ1n) is 10.1. The topological polar surface area (TPSA) is 73.0 Å². The van der Waals surface area contributed by atoms with E-state index in [-0.39, 0.29) is 16.8 Å². The Kier molecular flexibility index (Phi) is 6.80. The number of carbonyl (C=O) groups is 1. The maximum Gasteiger partial charge on any atom is 0.255 e. The van der Waals surface area contributed by atoms with Crippen LogP contribution in [0, 0.1) is 0 Å². The number of benzene rings is 2. The molecular weight excluding hydrogens is 400 g/mol. The summed E-state index contributed by atoms with van der Waals surface area (Å²) < 4.78 is 26.4. The molecule has 1 saturated heterocycles. The van der Waals surface area contributed by atoms with Gasteiger partial charge in [-0.1, -0.05) is 0 Å². The number of likely N-dealkylation sites (N-methyl/N-ethyl adjacent to an activating group) is 1. The number of anilines is 2. The molecule has 0 bridgehead atoms. The zero-order valence-electron chi connectivity index (χ0n) is 18.0. The van der Waals surface area contributed by atoms with Crippen LogP contribution in [0.2, 0.25) is 0 Å². The van der Waals surface area contributed by atoms with E-state index in [9.17, 15) is 13.2 Å². The van der Waals surface area contributed by atoms with Gasteiger partial charge in [-0.3, -0.25) is 4.79 Å². The maximum atomic E-state index is 12.6. The molecule has 3 rings (SSSR count). The summed E-state index contributed by atoms with van der Waals surface area (Å²) >= 11 is 0. The molecule has 1 amide bonds. The number of hydrogen-bond donors (Lipinski definition) is 1. The fourth-order valence-corrected chi connectivity index (χ4v) is 4.61.